The minimum atomic E-state index is 0. The molecule has 6 nitrogen and oxygen atoms in total. The van der Waals surface area contributed by atoms with Gasteiger partial charge in [0.1, 0.15) is 0 Å². The van der Waals surface area contributed by atoms with Gasteiger partial charge in [-0.25, -0.2) is 0 Å². The standard InChI is InChI=1S/3CNO.3Li/c3*2-1-3;;;/q3*-1;3*+1. The van der Waals surface area contributed by atoms with Crippen LogP contribution in [0.1, 0.15) is 0 Å². The summed E-state index contributed by atoms with van der Waals surface area (Å²) in [5.74, 6) is 0. The van der Waals surface area contributed by atoms with Gasteiger partial charge in [-0.1, -0.05) is 0 Å². The molecule has 0 spiro atoms. The Bertz CT molecular complexity index is 116. The summed E-state index contributed by atoms with van der Waals surface area (Å²) in [6, 6.07) is 0. The van der Waals surface area contributed by atoms with Crippen molar-refractivity contribution in [1.29, 1.82) is 0 Å². The Hall–Kier alpha value is -0.0678. The smallest absolute Gasteiger partial charge is 0.724 e. The zero-order chi connectivity index (χ0) is 8.12. The molecule has 12 heavy (non-hydrogen) atoms. The molecule has 0 bridgehead atoms. The molecule has 0 unspecified atom stereocenters. The van der Waals surface area contributed by atoms with Crippen LogP contribution < -0.4 is 56.6 Å². The predicted molar refractivity (Wildman–Crippen MR) is 27.2 cm³/mol. The van der Waals surface area contributed by atoms with Gasteiger partial charge in [0.15, 0.2) is 0 Å². The normalized spacial score (nSPS) is 2.00. The molecule has 0 aromatic rings. The van der Waals surface area contributed by atoms with Crippen LogP contribution in [0.3, 0.4) is 0 Å². The molecule has 0 saturated carbocycles. The molecule has 9 heteroatoms. The molecular weight excluding hydrogens is 147 g/mol. The molecule has 0 amide bonds. The van der Waals surface area contributed by atoms with E-state index in [1.807, 2.05) is 0 Å². The van der Waals surface area contributed by atoms with E-state index in [2.05, 4.69) is 0 Å². The van der Waals surface area contributed by atoms with E-state index in [-0.39, 0.29) is 56.6 Å². The van der Waals surface area contributed by atoms with Crippen molar-refractivity contribution in [2.75, 3.05) is 0 Å². The first-order chi connectivity index (χ1) is 4.24. The maximum absolute atomic E-state index is 8.24. The number of nitrogens with zero attached hydrogens (tertiary/aromatic N) is 3. The largest absolute Gasteiger partial charge is 1.00 e. The monoisotopic (exact) mass is 147 g/mol. The Balaban J connectivity index is -0.00000001000. The SMILES string of the molecule is [Li+].[Li+].[Li+].[N-]=C=O.[N-]=C=O.[N-]=C=O. The predicted octanol–water partition coefficient (Wildman–Crippen LogP) is -9.31. The van der Waals surface area contributed by atoms with Crippen LogP contribution in [0.15, 0.2) is 0 Å². The molecule has 0 heterocycles. The average Bonchev–Trinajstić information content (AvgIpc) is 1.70. The van der Waals surface area contributed by atoms with Crippen LogP contribution in [0.4, 0.5) is 0 Å². The Morgan fingerprint density at radius 2 is 0.583 bits per heavy atom. The second kappa shape index (κ2) is 125. The van der Waals surface area contributed by atoms with Crippen molar-refractivity contribution in [3.05, 3.63) is 16.2 Å². The summed E-state index contributed by atoms with van der Waals surface area (Å²) in [6.45, 7) is 0. The third-order valence-electron chi connectivity index (χ3n) is 0. The number of rotatable bonds is 0. The van der Waals surface area contributed by atoms with Gasteiger partial charge in [-0.05, 0) is 18.2 Å². The fourth-order valence-electron chi connectivity index (χ4n) is 0. The fraction of sp³-hybridized carbons (Fsp3) is 0. The van der Waals surface area contributed by atoms with Crippen LogP contribution in [0.25, 0.3) is 16.2 Å². The van der Waals surface area contributed by atoms with Crippen molar-refractivity contribution >= 4 is 18.2 Å². The minimum absolute atomic E-state index is 0. The topological polar surface area (TPSA) is 118 Å². The number of isocyanates is 3. The molecule has 0 aromatic carbocycles. The molecule has 0 aromatic heterocycles. The number of hydrogen-bond acceptors (Lipinski definition) is 3. The van der Waals surface area contributed by atoms with E-state index in [1.165, 1.54) is 0 Å². The summed E-state index contributed by atoms with van der Waals surface area (Å²) in [5.41, 5.74) is 0. The molecule has 48 valence electrons. The van der Waals surface area contributed by atoms with E-state index in [0.29, 0.717) is 18.2 Å². The Labute approximate surface area is 105 Å². The van der Waals surface area contributed by atoms with Crippen LogP contribution in [0, 0.1) is 0 Å². The van der Waals surface area contributed by atoms with Crippen molar-refractivity contribution in [2.24, 2.45) is 0 Å². The Morgan fingerprint density at radius 1 is 0.583 bits per heavy atom. The van der Waals surface area contributed by atoms with Crippen molar-refractivity contribution in [3.63, 3.8) is 0 Å². The second-order valence-electron chi connectivity index (χ2n) is 0.274. The van der Waals surface area contributed by atoms with Gasteiger partial charge in [0.25, 0.3) is 0 Å². The van der Waals surface area contributed by atoms with Gasteiger partial charge < -0.3 is 16.2 Å². The zero-order valence-electron chi connectivity index (χ0n) is 7.07. The van der Waals surface area contributed by atoms with Crippen LogP contribution in [0.5, 0.6) is 0 Å². The van der Waals surface area contributed by atoms with Crippen molar-refractivity contribution in [2.45, 2.75) is 0 Å². The summed E-state index contributed by atoms with van der Waals surface area (Å²) >= 11 is 0. The van der Waals surface area contributed by atoms with Crippen molar-refractivity contribution < 1.29 is 71.0 Å². The molecule has 0 rings (SSSR count). The molecule has 0 atom stereocenters. The second-order valence-corrected chi connectivity index (χ2v) is 0.274. The molecule has 0 aliphatic rings. The number of hydrogen-bond donors (Lipinski definition) is 0. The molecule has 0 fully saturated rings. The van der Waals surface area contributed by atoms with Gasteiger partial charge in [0.2, 0.25) is 0 Å². The maximum atomic E-state index is 8.24. The van der Waals surface area contributed by atoms with Gasteiger partial charge in [-0.15, -0.1) is 0 Å². The average molecular weight is 147 g/mol. The first kappa shape index (κ1) is 40.5. The summed E-state index contributed by atoms with van der Waals surface area (Å²) < 4.78 is 0. The Morgan fingerprint density at radius 3 is 0.583 bits per heavy atom. The first-order valence-corrected chi connectivity index (χ1v) is 1.28. The fourth-order valence-corrected chi connectivity index (χ4v) is 0. The number of carbonyl (C=O) groups excluding carboxylic acids is 3. The maximum Gasteiger partial charge on any atom is 1.00 e. The van der Waals surface area contributed by atoms with E-state index < -0.39 is 0 Å². The van der Waals surface area contributed by atoms with E-state index in [9.17, 15) is 0 Å². The molecule has 0 aliphatic heterocycles. The van der Waals surface area contributed by atoms with Crippen LogP contribution >= 0.6 is 0 Å². The quantitative estimate of drug-likeness (QED) is 0.192. The van der Waals surface area contributed by atoms with Crippen molar-refractivity contribution in [1.82, 2.24) is 0 Å². The molecule has 0 saturated heterocycles. The van der Waals surface area contributed by atoms with Gasteiger partial charge in [-0.2, -0.15) is 0 Å². The van der Waals surface area contributed by atoms with E-state index in [0.717, 1.165) is 0 Å². The molecule has 0 radical (unpaired) electrons. The summed E-state index contributed by atoms with van der Waals surface area (Å²) in [7, 11) is 0. The third kappa shape index (κ3) is 172000. The molecular formula is C3Li3N3O3. The zero-order valence-corrected chi connectivity index (χ0v) is 7.07. The van der Waals surface area contributed by atoms with Gasteiger partial charge in [0, 0.05) is 0 Å². The van der Waals surface area contributed by atoms with E-state index >= 15 is 0 Å². The minimum Gasteiger partial charge on any atom is -0.724 e. The van der Waals surface area contributed by atoms with Crippen LogP contribution in [-0.2, 0) is 14.4 Å². The van der Waals surface area contributed by atoms with Crippen LogP contribution in [0.2, 0.25) is 0 Å². The summed E-state index contributed by atoms with van der Waals surface area (Å²) in [6.07, 6.45) is 1.50. The van der Waals surface area contributed by atoms with Gasteiger partial charge in [0.05, 0.1) is 0 Å². The summed E-state index contributed by atoms with van der Waals surface area (Å²) in [4.78, 5) is 24.7. The van der Waals surface area contributed by atoms with Gasteiger partial charge in [-0.3, -0.25) is 14.4 Å². The third-order valence-corrected chi connectivity index (χ3v) is 0. The molecule has 0 aliphatic carbocycles. The van der Waals surface area contributed by atoms with Crippen LogP contribution in [-0.4, -0.2) is 18.2 Å². The first-order valence-electron chi connectivity index (χ1n) is 1.28. The van der Waals surface area contributed by atoms with E-state index in [4.69, 9.17) is 30.6 Å². The molecule has 0 N–H and O–H groups in total. The Kier molecular flexibility index (Phi) is 424. The van der Waals surface area contributed by atoms with Crippen molar-refractivity contribution in [3.8, 4) is 0 Å². The van der Waals surface area contributed by atoms with E-state index in [1.54, 1.807) is 0 Å². The van der Waals surface area contributed by atoms with Gasteiger partial charge >= 0.3 is 56.6 Å². The summed E-state index contributed by atoms with van der Waals surface area (Å²) in [5, 5.41) is 20.3.